The number of carbonyl (C=O) groups is 2. The number of thiazole rings is 1. The van der Waals surface area contributed by atoms with Crippen molar-refractivity contribution in [1.29, 1.82) is 0 Å². The quantitative estimate of drug-likeness (QED) is 0.841. The van der Waals surface area contributed by atoms with E-state index in [1.807, 2.05) is 5.51 Å². The first-order chi connectivity index (χ1) is 11.5. The molecule has 1 aromatic rings. The van der Waals surface area contributed by atoms with Crippen LogP contribution in [0.2, 0.25) is 0 Å². The number of amides is 2. The van der Waals surface area contributed by atoms with Crippen LogP contribution in [0.1, 0.15) is 32.4 Å². The second kappa shape index (κ2) is 7.61. The van der Waals surface area contributed by atoms with Crippen molar-refractivity contribution in [2.24, 2.45) is 11.8 Å². The van der Waals surface area contributed by atoms with Crippen molar-refractivity contribution in [3.05, 3.63) is 16.6 Å². The molecule has 3 rings (SSSR count). The van der Waals surface area contributed by atoms with Crippen LogP contribution in [-0.4, -0.2) is 58.8 Å². The van der Waals surface area contributed by atoms with Gasteiger partial charge >= 0.3 is 0 Å². The van der Waals surface area contributed by atoms with Gasteiger partial charge in [-0.1, -0.05) is 13.8 Å². The number of hydrogen-bond acceptors (Lipinski definition) is 5. The predicted octanol–water partition coefficient (Wildman–Crippen LogP) is 1.34. The number of rotatable bonds is 6. The van der Waals surface area contributed by atoms with Crippen molar-refractivity contribution in [3.8, 4) is 0 Å². The second-order valence-electron chi connectivity index (χ2n) is 7.17. The molecule has 2 aliphatic heterocycles. The minimum Gasteiger partial charge on any atom is -0.350 e. The fraction of sp³-hybridized carbons (Fsp3) is 0.706. The summed E-state index contributed by atoms with van der Waals surface area (Å²) in [6.07, 6.45) is 1.44. The Hall–Kier alpha value is -1.47. The van der Waals surface area contributed by atoms with E-state index in [2.05, 4.69) is 34.4 Å². The van der Waals surface area contributed by atoms with Gasteiger partial charge in [-0.3, -0.25) is 14.5 Å². The van der Waals surface area contributed by atoms with E-state index in [9.17, 15) is 9.59 Å². The van der Waals surface area contributed by atoms with Crippen molar-refractivity contribution in [2.75, 3.05) is 26.2 Å². The predicted molar refractivity (Wildman–Crippen MR) is 93.5 cm³/mol. The summed E-state index contributed by atoms with van der Waals surface area (Å²) < 4.78 is 0. The van der Waals surface area contributed by atoms with Gasteiger partial charge in [0.25, 0.3) is 0 Å². The molecule has 0 saturated carbocycles. The molecular weight excluding hydrogens is 324 g/mol. The normalized spacial score (nSPS) is 25.0. The SMILES string of the molecule is CC(C)[C@@H]1CN(Cc2cscn2)C[C@H]1NC(=O)CN1CCCC1=O. The van der Waals surface area contributed by atoms with Crippen LogP contribution in [0.4, 0.5) is 0 Å². The molecular formula is C17H26N4O2S. The Balaban J connectivity index is 1.56. The minimum absolute atomic E-state index is 0.0311. The number of nitrogens with zero attached hydrogens (tertiary/aromatic N) is 3. The molecule has 24 heavy (non-hydrogen) atoms. The summed E-state index contributed by atoms with van der Waals surface area (Å²) in [7, 11) is 0. The maximum absolute atomic E-state index is 12.4. The molecule has 0 aromatic carbocycles. The van der Waals surface area contributed by atoms with E-state index < -0.39 is 0 Å². The summed E-state index contributed by atoms with van der Waals surface area (Å²) in [5.41, 5.74) is 2.95. The molecule has 1 N–H and O–H groups in total. The minimum atomic E-state index is -0.0311. The summed E-state index contributed by atoms with van der Waals surface area (Å²) in [6.45, 7) is 7.99. The average molecular weight is 350 g/mol. The number of nitrogens with one attached hydrogen (secondary N) is 1. The van der Waals surface area contributed by atoms with Gasteiger partial charge in [-0.05, 0) is 18.3 Å². The number of aromatic nitrogens is 1. The molecule has 0 radical (unpaired) electrons. The van der Waals surface area contributed by atoms with Gasteiger partial charge in [0.2, 0.25) is 11.8 Å². The Morgan fingerprint density at radius 3 is 2.92 bits per heavy atom. The first-order valence-electron chi connectivity index (χ1n) is 8.69. The van der Waals surface area contributed by atoms with E-state index >= 15 is 0 Å². The molecule has 0 unspecified atom stereocenters. The third-order valence-electron chi connectivity index (χ3n) is 5.02. The Kier molecular flexibility index (Phi) is 5.50. The maximum Gasteiger partial charge on any atom is 0.239 e. The zero-order valence-electron chi connectivity index (χ0n) is 14.4. The molecule has 3 heterocycles. The molecule has 0 bridgehead atoms. The highest BCUT2D eigenvalue weighted by molar-refractivity contribution is 7.07. The number of carbonyl (C=O) groups excluding carboxylic acids is 2. The monoisotopic (exact) mass is 350 g/mol. The molecule has 6 nitrogen and oxygen atoms in total. The Bertz CT molecular complexity index is 575. The summed E-state index contributed by atoms with van der Waals surface area (Å²) in [5, 5.41) is 5.25. The lowest BCUT2D eigenvalue weighted by Crippen LogP contribution is -2.46. The van der Waals surface area contributed by atoms with Crippen molar-refractivity contribution in [3.63, 3.8) is 0 Å². The summed E-state index contributed by atoms with van der Waals surface area (Å²) in [6, 6.07) is 0.147. The molecule has 1 aromatic heterocycles. The highest BCUT2D eigenvalue weighted by Crippen LogP contribution is 2.26. The van der Waals surface area contributed by atoms with Crippen molar-refractivity contribution in [2.45, 2.75) is 39.3 Å². The molecule has 0 aliphatic carbocycles. The maximum atomic E-state index is 12.4. The molecule has 2 aliphatic rings. The van der Waals surface area contributed by atoms with E-state index in [4.69, 9.17) is 0 Å². The van der Waals surface area contributed by atoms with Crippen LogP contribution in [0.3, 0.4) is 0 Å². The lowest BCUT2D eigenvalue weighted by Gasteiger charge is -2.24. The van der Waals surface area contributed by atoms with Crippen LogP contribution < -0.4 is 5.32 Å². The molecule has 2 saturated heterocycles. The van der Waals surface area contributed by atoms with Crippen LogP contribution >= 0.6 is 11.3 Å². The molecule has 2 amide bonds. The van der Waals surface area contributed by atoms with E-state index in [-0.39, 0.29) is 24.4 Å². The van der Waals surface area contributed by atoms with Gasteiger partial charge in [0.1, 0.15) is 0 Å². The van der Waals surface area contributed by atoms with Crippen LogP contribution in [0.15, 0.2) is 10.9 Å². The molecule has 2 atom stereocenters. The Morgan fingerprint density at radius 1 is 1.46 bits per heavy atom. The smallest absolute Gasteiger partial charge is 0.239 e. The van der Waals surface area contributed by atoms with Crippen LogP contribution in [0, 0.1) is 11.8 Å². The summed E-state index contributed by atoms with van der Waals surface area (Å²) in [4.78, 5) is 32.4. The topological polar surface area (TPSA) is 65.5 Å². The summed E-state index contributed by atoms with van der Waals surface area (Å²) >= 11 is 1.61. The van der Waals surface area contributed by atoms with Crippen molar-refractivity contribution >= 4 is 23.2 Å². The lowest BCUT2D eigenvalue weighted by atomic mass is 9.91. The van der Waals surface area contributed by atoms with Crippen molar-refractivity contribution in [1.82, 2.24) is 20.1 Å². The summed E-state index contributed by atoms with van der Waals surface area (Å²) in [5.74, 6) is 1.00. The van der Waals surface area contributed by atoms with Gasteiger partial charge in [-0.25, -0.2) is 4.98 Å². The average Bonchev–Trinajstić information content (AvgIpc) is 3.23. The third-order valence-corrected chi connectivity index (χ3v) is 5.65. The molecule has 132 valence electrons. The lowest BCUT2D eigenvalue weighted by molar-refractivity contribution is -0.133. The van der Waals surface area contributed by atoms with Crippen molar-refractivity contribution < 1.29 is 9.59 Å². The zero-order chi connectivity index (χ0) is 17.1. The molecule has 0 spiro atoms. The highest BCUT2D eigenvalue weighted by atomic mass is 32.1. The second-order valence-corrected chi connectivity index (χ2v) is 7.89. The zero-order valence-corrected chi connectivity index (χ0v) is 15.2. The van der Waals surface area contributed by atoms with E-state index in [0.717, 1.165) is 31.7 Å². The van der Waals surface area contributed by atoms with E-state index in [1.54, 1.807) is 16.2 Å². The van der Waals surface area contributed by atoms with Crippen LogP contribution in [-0.2, 0) is 16.1 Å². The van der Waals surface area contributed by atoms with Crippen LogP contribution in [0.5, 0.6) is 0 Å². The van der Waals surface area contributed by atoms with Gasteiger partial charge in [-0.15, -0.1) is 11.3 Å². The van der Waals surface area contributed by atoms with Crippen LogP contribution in [0.25, 0.3) is 0 Å². The molecule has 7 heteroatoms. The van der Waals surface area contributed by atoms with Gasteiger partial charge in [0.05, 0.1) is 17.7 Å². The number of likely N-dealkylation sites (tertiary alicyclic amines) is 2. The van der Waals surface area contributed by atoms with E-state index in [0.29, 0.717) is 24.8 Å². The van der Waals surface area contributed by atoms with Gasteiger partial charge in [0, 0.05) is 44.0 Å². The first-order valence-corrected chi connectivity index (χ1v) is 9.63. The first kappa shape index (κ1) is 17.4. The Morgan fingerprint density at radius 2 is 2.29 bits per heavy atom. The standard InChI is InChI=1S/C17H26N4O2S/c1-12(2)14-7-20(6-13-10-24-11-18-13)8-15(14)19-16(22)9-21-5-3-4-17(21)23/h10-12,14-15H,3-9H2,1-2H3,(H,19,22)/t14-,15+/m0/s1. The van der Waals surface area contributed by atoms with E-state index in [1.165, 1.54) is 0 Å². The number of hydrogen-bond donors (Lipinski definition) is 1. The fourth-order valence-corrected chi connectivity index (χ4v) is 4.26. The Labute approximate surface area is 147 Å². The van der Waals surface area contributed by atoms with Gasteiger partial charge in [0.15, 0.2) is 0 Å². The highest BCUT2D eigenvalue weighted by Gasteiger charge is 2.36. The van der Waals surface area contributed by atoms with Gasteiger partial charge < -0.3 is 10.2 Å². The van der Waals surface area contributed by atoms with Gasteiger partial charge in [-0.2, -0.15) is 0 Å². The third kappa shape index (κ3) is 4.13. The largest absolute Gasteiger partial charge is 0.350 e. The fourth-order valence-electron chi connectivity index (χ4n) is 3.71. The molecule has 2 fully saturated rings.